The van der Waals surface area contributed by atoms with Crippen LogP contribution in [0.1, 0.15) is 50.3 Å². The maximum Gasteiger partial charge on any atom is 0.286 e. The lowest BCUT2D eigenvalue weighted by atomic mass is 9.99. The van der Waals surface area contributed by atoms with E-state index in [1.807, 2.05) is 32.9 Å². The highest BCUT2D eigenvalue weighted by Crippen LogP contribution is 2.34. The number of carbonyl (C=O) groups excluding carboxylic acids is 1. The largest absolute Gasteiger partial charge is 0.320 e. The fourth-order valence-electron chi connectivity index (χ4n) is 4.29. The zero-order valence-corrected chi connectivity index (χ0v) is 20.3. The molecular weight excluding hydrogens is 463 g/mol. The second-order valence-electron chi connectivity index (χ2n) is 8.32. The molecule has 0 spiro atoms. The summed E-state index contributed by atoms with van der Waals surface area (Å²) in [6.45, 7) is 6.37. The lowest BCUT2D eigenvalue weighted by Gasteiger charge is -2.31. The van der Waals surface area contributed by atoms with Gasteiger partial charge >= 0.3 is 0 Å². The molecule has 0 unspecified atom stereocenters. The summed E-state index contributed by atoms with van der Waals surface area (Å²) in [5, 5.41) is 11.7. The zero-order chi connectivity index (χ0) is 23.8. The number of halogens is 1. The summed E-state index contributed by atoms with van der Waals surface area (Å²) in [6, 6.07) is 9.42. The Bertz CT molecular complexity index is 1280. The van der Waals surface area contributed by atoms with Crippen LogP contribution < -0.4 is 5.32 Å². The summed E-state index contributed by atoms with van der Waals surface area (Å²) in [6.07, 6.45) is 1.20. The van der Waals surface area contributed by atoms with Gasteiger partial charge in [0.1, 0.15) is 10.8 Å². The van der Waals surface area contributed by atoms with Crippen molar-refractivity contribution < 1.29 is 17.6 Å². The number of amides is 1. The van der Waals surface area contributed by atoms with Crippen molar-refractivity contribution in [3.8, 4) is 0 Å². The number of rotatable bonds is 5. The van der Waals surface area contributed by atoms with Crippen molar-refractivity contribution >= 4 is 33.0 Å². The zero-order valence-electron chi connectivity index (χ0n) is 18.6. The van der Waals surface area contributed by atoms with Gasteiger partial charge in [0.15, 0.2) is 0 Å². The first-order valence-electron chi connectivity index (χ1n) is 10.6. The molecule has 2 heterocycles. The van der Waals surface area contributed by atoms with E-state index in [0.717, 1.165) is 16.7 Å². The van der Waals surface area contributed by atoms with Crippen molar-refractivity contribution in [1.29, 1.82) is 0 Å². The molecule has 4 rings (SSSR count). The van der Waals surface area contributed by atoms with E-state index >= 15 is 0 Å². The van der Waals surface area contributed by atoms with Gasteiger partial charge in [-0.25, -0.2) is 12.8 Å². The van der Waals surface area contributed by atoms with Crippen LogP contribution in [0.2, 0.25) is 0 Å². The van der Waals surface area contributed by atoms with Gasteiger partial charge in [0, 0.05) is 24.7 Å². The minimum atomic E-state index is -3.59. The van der Waals surface area contributed by atoms with Gasteiger partial charge in [0.25, 0.3) is 5.91 Å². The first-order valence-corrected chi connectivity index (χ1v) is 12.9. The Kier molecular flexibility index (Phi) is 6.60. The Balaban J connectivity index is 1.42. The Labute approximate surface area is 196 Å². The SMILES string of the molecule is Cc1cc(C)c(S(=O)(=O)N2CCC(c3nnc(C(=O)Nc4cccc(F)c4)s3)CC2)c(C)c1. The summed E-state index contributed by atoms with van der Waals surface area (Å²) in [4.78, 5) is 12.8. The third-order valence-corrected chi connectivity index (χ3v) is 9.01. The second-order valence-corrected chi connectivity index (χ2v) is 11.2. The third-order valence-electron chi connectivity index (χ3n) is 5.72. The topological polar surface area (TPSA) is 92.3 Å². The van der Waals surface area contributed by atoms with Crippen LogP contribution in [-0.2, 0) is 10.0 Å². The molecule has 174 valence electrons. The van der Waals surface area contributed by atoms with E-state index in [1.165, 1.54) is 33.8 Å². The first kappa shape index (κ1) is 23.5. The van der Waals surface area contributed by atoms with Crippen molar-refractivity contribution in [3.63, 3.8) is 0 Å². The minimum absolute atomic E-state index is 0.0323. The van der Waals surface area contributed by atoms with Gasteiger partial charge < -0.3 is 5.32 Å². The highest BCUT2D eigenvalue weighted by molar-refractivity contribution is 7.89. The molecule has 0 saturated carbocycles. The average Bonchev–Trinajstić information content (AvgIpc) is 3.23. The molecule has 33 heavy (non-hydrogen) atoms. The molecule has 1 saturated heterocycles. The van der Waals surface area contributed by atoms with Crippen LogP contribution in [0.3, 0.4) is 0 Å². The Morgan fingerprint density at radius 2 is 1.76 bits per heavy atom. The number of sulfonamides is 1. The van der Waals surface area contributed by atoms with Crippen LogP contribution >= 0.6 is 11.3 Å². The van der Waals surface area contributed by atoms with Gasteiger partial charge in [0.2, 0.25) is 15.0 Å². The lowest BCUT2D eigenvalue weighted by Crippen LogP contribution is -2.38. The van der Waals surface area contributed by atoms with Crippen molar-refractivity contribution in [2.24, 2.45) is 0 Å². The molecule has 0 atom stereocenters. The molecule has 1 aliphatic heterocycles. The van der Waals surface area contributed by atoms with E-state index in [4.69, 9.17) is 0 Å². The molecule has 1 amide bonds. The number of aryl methyl sites for hydroxylation is 3. The van der Waals surface area contributed by atoms with Gasteiger partial charge in [-0.05, 0) is 62.9 Å². The normalized spacial score (nSPS) is 15.5. The van der Waals surface area contributed by atoms with Crippen LogP contribution in [0.25, 0.3) is 0 Å². The molecule has 1 N–H and O–H groups in total. The Hall–Kier alpha value is -2.69. The van der Waals surface area contributed by atoms with E-state index in [0.29, 0.717) is 41.5 Å². The number of aromatic nitrogens is 2. The standard InChI is InChI=1S/C23H25FN4O3S2/c1-14-11-15(2)20(16(3)12-14)33(30,31)28-9-7-17(8-10-28)22-26-27-23(32-22)21(29)25-19-6-4-5-18(24)13-19/h4-6,11-13,17H,7-10H2,1-3H3,(H,25,29). The predicted molar refractivity (Wildman–Crippen MR) is 126 cm³/mol. The minimum Gasteiger partial charge on any atom is -0.320 e. The number of hydrogen-bond donors (Lipinski definition) is 1. The predicted octanol–water partition coefficient (Wildman–Crippen LogP) is 4.42. The molecule has 0 aliphatic carbocycles. The summed E-state index contributed by atoms with van der Waals surface area (Å²) >= 11 is 1.19. The maximum atomic E-state index is 13.3. The maximum absolute atomic E-state index is 13.3. The number of nitrogens with zero attached hydrogens (tertiary/aromatic N) is 3. The Morgan fingerprint density at radius 3 is 2.39 bits per heavy atom. The van der Waals surface area contributed by atoms with E-state index < -0.39 is 21.7 Å². The van der Waals surface area contributed by atoms with Gasteiger partial charge in [-0.1, -0.05) is 35.1 Å². The fraction of sp³-hybridized carbons (Fsp3) is 0.348. The van der Waals surface area contributed by atoms with Crippen LogP contribution in [0.5, 0.6) is 0 Å². The number of piperidine rings is 1. The quantitative estimate of drug-likeness (QED) is 0.574. The highest BCUT2D eigenvalue weighted by Gasteiger charge is 2.33. The number of benzene rings is 2. The molecular formula is C23H25FN4O3S2. The smallest absolute Gasteiger partial charge is 0.286 e. The van der Waals surface area contributed by atoms with Crippen molar-refractivity contribution in [2.45, 2.75) is 44.4 Å². The van der Waals surface area contributed by atoms with Crippen molar-refractivity contribution in [1.82, 2.24) is 14.5 Å². The second kappa shape index (κ2) is 9.28. The summed E-state index contributed by atoms with van der Waals surface area (Å²) in [7, 11) is -3.59. The van der Waals surface area contributed by atoms with Crippen molar-refractivity contribution in [3.05, 3.63) is 68.9 Å². The summed E-state index contributed by atoms with van der Waals surface area (Å²) in [5.74, 6) is -0.858. The molecule has 0 radical (unpaired) electrons. The molecule has 1 aromatic heterocycles. The number of nitrogens with one attached hydrogen (secondary N) is 1. The Morgan fingerprint density at radius 1 is 1.09 bits per heavy atom. The van der Waals surface area contributed by atoms with E-state index in [2.05, 4.69) is 15.5 Å². The molecule has 1 fully saturated rings. The molecule has 10 heteroatoms. The third kappa shape index (κ3) is 4.97. The van der Waals surface area contributed by atoms with E-state index in [1.54, 1.807) is 6.07 Å². The average molecular weight is 489 g/mol. The van der Waals surface area contributed by atoms with Gasteiger partial charge in [-0.3, -0.25) is 4.79 Å². The van der Waals surface area contributed by atoms with Crippen molar-refractivity contribution in [2.75, 3.05) is 18.4 Å². The van der Waals surface area contributed by atoms with Gasteiger partial charge in [0.05, 0.1) is 4.90 Å². The van der Waals surface area contributed by atoms with Crippen LogP contribution in [0.15, 0.2) is 41.3 Å². The lowest BCUT2D eigenvalue weighted by molar-refractivity contribution is 0.102. The molecule has 0 bridgehead atoms. The van der Waals surface area contributed by atoms with E-state index in [-0.39, 0.29) is 10.9 Å². The number of carbonyl (C=O) groups is 1. The van der Waals surface area contributed by atoms with Gasteiger partial charge in [-0.15, -0.1) is 10.2 Å². The van der Waals surface area contributed by atoms with Crippen LogP contribution in [0.4, 0.5) is 10.1 Å². The van der Waals surface area contributed by atoms with Gasteiger partial charge in [-0.2, -0.15) is 4.31 Å². The molecule has 2 aromatic carbocycles. The van der Waals surface area contributed by atoms with Crippen LogP contribution in [-0.4, -0.2) is 41.9 Å². The molecule has 3 aromatic rings. The number of hydrogen-bond acceptors (Lipinski definition) is 6. The monoisotopic (exact) mass is 488 g/mol. The van der Waals surface area contributed by atoms with E-state index in [9.17, 15) is 17.6 Å². The summed E-state index contributed by atoms with van der Waals surface area (Å²) in [5.41, 5.74) is 2.90. The number of anilines is 1. The molecule has 1 aliphatic rings. The summed E-state index contributed by atoms with van der Waals surface area (Å²) < 4.78 is 41.5. The molecule has 7 nitrogen and oxygen atoms in total. The highest BCUT2D eigenvalue weighted by atomic mass is 32.2. The van der Waals surface area contributed by atoms with Crippen LogP contribution in [0, 0.1) is 26.6 Å². The first-order chi connectivity index (χ1) is 15.6. The fourth-order valence-corrected chi connectivity index (χ4v) is 7.08.